The first kappa shape index (κ1) is 11.3. The maximum Gasteiger partial charge on any atom is 0.409 e. The Labute approximate surface area is 83.8 Å². The highest BCUT2D eigenvalue weighted by atomic mass is 16.6. The predicted octanol–water partition coefficient (Wildman–Crippen LogP) is -0.216. The van der Waals surface area contributed by atoms with Crippen LogP contribution in [0.1, 0.15) is 13.3 Å². The van der Waals surface area contributed by atoms with Gasteiger partial charge in [0.05, 0.1) is 19.3 Å². The summed E-state index contributed by atoms with van der Waals surface area (Å²) in [5.74, 6) is 0.112. The van der Waals surface area contributed by atoms with Gasteiger partial charge in [-0.3, -0.25) is 0 Å². The van der Waals surface area contributed by atoms with Crippen LogP contribution in [0.4, 0.5) is 4.79 Å². The van der Waals surface area contributed by atoms with E-state index in [4.69, 9.17) is 10.5 Å². The van der Waals surface area contributed by atoms with Crippen molar-refractivity contribution in [2.45, 2.75) is 19.4 Å². The van der Waals surface area contributed by atoms with Crippen LogP contribution in [-0.2, 0) is 4.74 Å². The number of likely N-dealkylation sites (tertiary alicyclic amines) is 1. The van der Waals surface area contributed by atoms with Crippen molar-refractivity contribution < 1.29 is 14.6 Å². The second kappa shape index (κ2) is 5.17. The lowest BCUT2D eigenvalue weighted by Crippen LogP contribution is -2.48. The van der Waals surface area contributed by atoms with E-state index in [0.717, 1.165) is 6.42 Å². The molecule has 1 amide bonds. The van der Waals surface area contributed by atoms with Crippen LogP contribution in [0, 0.1) is 5.92 Å². The summed E-state index contributed by atoms with van der Waals surface area (Å²) in [5.41, 5.74) is 5.48. The molecule has 0 spiro atoms. The first-order chi connectivity index (χ1) is 6.69. The summed E-state index contributed by atoms with van der Waals surface area (Å²) in [6, 6.07) is 0. The molecule has 0 radical (unpaired) electrons. The summed E-state index contributed by atoms with van der Waals surface area (Å²) < 4.78 is 4.84. The van der Waals surface area contributed by atoms with E-state index >= 15 is 0 Å². The van der Waals surface area contributed by atoms with Crippen LogP contribution in [0.25, 0.3) is 0 Å². The SMILES string of the molecule is CCOC(=O)N1CCC(CN)C(O)C1. The van der Waals surface area contributed by atoms with Crippen LogP contribution >= 0.6 is 0 Å². The van der Waals surface area contributed by atoms with E-state index in [1.807, 2.05) is 0 Å². The van der Waals surface area contributed by atoms with Crippen molar-refractivity contribution in [1.29, 1.82) is 0 Å². The highest BCUT2D eigenvalue weighted by Crippen LogP contribution is 2.17. The minimum Gasteiger partial charge on any atom is -0.450 e. The third kappa shape index (κ3) is 2.59. The molecule has 0 saturated carbocycles. The molecule has 0 aliphatic carbocycles. The number of hydrogen-bond acceptors (Lipinski definition) is 4. The van der Waals surface area contributed by atoms with Gasteiger partial charge >= 0.3 is 6.09 Å². The van der Waals surface area contributed by atoms with Crippen molar-refractivity contribution in [3.8, 4) is 0 Å². The number of carbonyl (C=O) groups is 1. The number of rotatable bonds is 2. The molecule has 2 unspecified atom stereocenters. The molecule has 82 valence electrons. The zero-order valence-electron chi connectivity index (χ0n) is 8.48. The van der Waals surface area contributed by atoms with Crippen molar-refractivity contribution in [3.05, 3.63) is 0 Å². The van der Waals surface area contributed by atoms with Gasteiger partial charge in [-0.2, -0.15) is 0 Å². The topological polar surface area (TPSA) is 75.8 Å². The van der Waals surface area contributed by atoms with E-state index < -0.39 is 6.10 Å². The van der Waals surface area contributed by atoms with Gasteiger partial charge in [-0.05, 0) is 19.9 Å². The normalized spacial score (nSPS) is 27.5. The fourth-order valence-corrected chi connectivity index (χ4v) is 1.64. The highest BCUT2D eigenvalue weighted by Gasteiger charge is 2.29. The molecule has 1 aliphatic heterocycles. The minimum atomic E-state index is -0.516. The molecule has 5 nitrogen and oxygen atoms in total. The van der Waals surface area contributed by atoms with Gasteiger partial charge in [-0.25, -0.2) is 4.79 Å². The molecule has 1 heterocycles. The summed E-state index contributed by atoms with van der Waals surface area (Å²) >= 11 is 0. The van der Waals surface area contributed by atoms with E-state index in [-0.39, 0.29) is 12.0 Å². The van der Waals surface area contributed by atoms with Crippen molar-refractivity contribution in [1.82, 2.24) is 4.90 Å². The lowest BCUT2D eigenvalue weighted by Gasteiger charge is -2.34. The van der Waals surface area contributed by atoms with E-state index in [1.165, 1.54) is 4.90 Å². The molecule has 1 fully saturated rings. The lowest BCUT2D eigenvalue weighted by molar-refractivity contribution is 0.0194. The number of aliphatic hydroxyl groups is 1. The second-order valence-electron chi connectivity index (χ2n) is 3.50. The molecule has 1 rings (SSSR count). The van der Waals surface area contributed by atoms with Crippen LogP contribution in [-0.4, -0.2) is 48.4 Å². The monoisotopic (exact) mass is 202 g/mol. The van der Waals surface area contributed by atoms with Crippen LogP contribution in [0.3, 0.4) is 0 Å². The van der Waals surface area contributed by atoms with Crippen LogP contribution in [0.5, 0.6) is 0 Å². The molecular weight excluding hydrogens is 184 g/mol. The molecule has 2 atom stereocenters. The standard InChI is InChI=1S/C9H18N2O3/c1-2-14-9(13)11-4-3-7(5-10)8(12)6-11/h7-8,12H,2-6,10H2,1H3. The van der Waals surface area contributed by atoms with E-state index in [1.54, 1.807) is 6.92 Å². The van der Waals surface area contributed by atoms with Crippen molar-refractivity contribution in [2.24, 2.45) is 11.7 Å². The van der Waals surface area contributed by atoms with Crippen LogP contribution in [0.2, 0.25) is 0 Å². The van der Waals surface area contributed by atoms with Gasteiger partial charge in [0, 0.05) is 12.5 Å². The average Bonchev–Trinajstić information content (AvgIpc) is 2.18. The van der Waals surface area contributed by atoms with Crippen molar-refractivity contribution >= 4 is 6.09 Å². The average molecular weight is 202 g/mol. The van der Waals surface area contributed by atoms with Gasteiger partial charge in [-0.1, -0.05) is 0 Å². The minimum absolute atomic E-state index is 0.112. The zero-order valence-corrected chi connectivity index (χ0v) is 8.48. The van der Waals surface area contributed by atoms with Crippen LogP contribution in [0.15, 0.2) is 0 Å². The molecule has 0 aromatic carbocycles. The second-order valence-corrected chi connectivity index (χ2v) is 3.50. The first-order valence-electron chi connectivity index (χ1n) is 4.98. The zero-order chi connectivity index (χ0) is 10.6. The van der Waals surface area contributed by atoms with Crippen LogP contribution < -0.4 is 5.73 Å². The Balaban J connectivity index is 2.41. The Morgan fingerprint density at radius 1 is 1.71 bits per heavy atom. The number of aliphatic hydroxyl groups excluding tert-OH is 1. The molecule has 0 aromatic heterocycles. The van der Waals surface area contributed by atoms with E-state index in [0.29, 0.717) is 26.2 Å². The van der Waals surface area contributed by atoms with Gasteiger partial charge in [-0.15, -0.1) is 0 Å². The van der Waals surface area contributed by atoms with Crippen molar-refractivity contribution in [3.63, 3.8) is 0 Å². The number of nitrogens with zero attached hydrogens (tertiary/aromatic N) is 1. The molecule has 0 bridgehead atoms. The Hall–Kier alpha value is -0.810. The fourth-order valence-electron chi connectivity index (χ4n) is 1.64. The summed E-state index contributed by atoms with van der Waals surface area (Å²) in [6.45, 7) is 3.56. The third-order valence-electron chi connectivity index (χ3n) is 2.55. The number of carbonyl (C=O) groups excluding carboxylic acids is 1. The summed E-state index contributed by atoms with van der Waals surface area (Å²) in [7, 11) is 0. The fraction of sp³-hybridized carbons (Fsp3) is 0.889. The van der Waals surface area contributed by atoms with E-state index in [9.17, 15) is 9.90 Å². The molecule has 1 aliphatic rings. The number of piperidine rings is 1. The molecule has 5 heteroatoms. The molecule has 14 heavy (non-hydrogen) atoms. The number of nitrogens with two attached hydrogens (primary N) is 1. The highest BCUT2D eigenvalue weighted by molar-refractivity contribution is 5.67. The van der Waals surface area contributed by atoms with Gasteiger partial charge in [0.15, 0.2) is 0 Å². The Morgan fingerprint density at radius 2 is 2.43 bits per heavy atom. The number of amides is 1. The van der Waals surface area contributed by atoms with Crippen molar-refractivity contribution in [2.75, 3.05) is 26.2 Å². The maximum atomic E-state index is 11.3. The first-order valence-corrected chi connectivity index (χ1v) is 4.98. The number of β-amino-alcohol motifs (C(OH)–C–C–N with tert-alkyl or cyclic N) is 1. The lowest BCUT2D eigenvalue weighted by atomic mass is 9.94. The number of ether oxygens (including phenoxy) is 1. The van der Waals surface area contributed by atoms with Gasteiger partial charge in [0.1, 0.15) is 0 Å². The maximum absolute atomic E-state index is 11.3. The Kier molecular flexibility index (Phi) is 4.16. The van der Waals surface area contributed by atoms with E-state index in [2.05, 4.69) is 0 Å². The molecule has 3 N–H and O–H groups in total. The van der Waals surface area contributed by atoms with Gasteiger partial charge in [0.2, 0.25) is 0 Å². The predicted molar refractivity (Wildman–Crippen MR) is 51.8 cm³/mol. The summed E-state index contributed by atoms with van der Waals surface area (Å²) in [6.07, 6.45) is -0.114. The Morgan fingerprint density at radius 3 is 2.93 bits per heavy atom. The number of hydrogen-bond donors (Lipinski definition) is 2. The Bertz CT molecular complexity index is 198. The largest absolute Gasteiger partial charge is 0.450 e. The molecule has 1 saturated heterocycles. The molecular formula is C9H18N2O3. The van der Waals surface area contributed by atoms with Gasteiger partial charge < -0.3 is 20.5 Å². The van der Waals surface area contributed by atoms with Gasteiger partial charge in [0.25, 0.3) is 0 Å². The summed E-state index contributed by atoms with van der Waals surface area (Å²) in [5, 5.41) is 9.63. The smallest absolute Gasteiger partial charge is 0.409 e. The third-order valence-corrected chi connectivity index (χ3v) is 2.55. The summed E-state index contributed by atoms with van der Waals surface area (Å²) in [4.78, 5) is 12.8. The quantitative estimate of drug-likeness (QED) is 0.649. The molecule has 0 aromatic rings.